The quantitative estimate of drug-likeness (QED) is 0.0865. The van der Waals surface area contributed by atoms with Crippen LogP contribution >= 0.6 is 50.5 Å². The molecule has 0 saturated heterocycles. The average Bonchev–Trinajstić information content (AvgIpc) is 3.96. The lowest BCUT2D eigenvalue weighted by molar-refractivity contribution is 1.18. The Kier molecular flexibility index (Phi) is 8.48. The fourth-order valence-corrected chi connectivity index (χ4v) is 8.12. The second-order valence-corrected chi connectivity index (χ2v) is 14.9. The number of H-pyrrole nitrogens is 4. The molecular formula is C44H32N4S4. The zero-order valence-electron chi connectivity index (χ0n) is 27.6. The molecule has 4 aromatic heterocycles. The Morgan fingerprint density at radius 1 is 0.269 bits per heavy atom. The van der Waals surface area contributed by atoms with Crippen LogP contribution in [0.4, 0.5) is 0 Å². The second kappa shape index (κ2) is 13.5. The van der Waals surface area contributed by atoms with Gasteiger partial charge in [0.05, 0.1) is 0 Å². The minimum absolute atomic E-state index is 0.889. The van der Waals surface area contributed by atoms with Crippen molar-refractivity contribution >= 4 is 72.8 Å². The highest BCUT2D eigenvalue weighted by molar-refractivity contribution is 7.80. The molecule has 0 fully saturated rings. The molecule has 0 aliphatic carbocycles. The van der Waals surface area contributed by atoms with E-state index in [9.17, 15) is 0 Å². The Morgan fingerprint density at radius 3 is 0.750 bits per heavy atom. The summed E-state index contributed by atoms with van der Waals surface area (Å²) in [4.78, 5) is 18.9. The molecule has 8 aromatic rings. The zero-order chi connectivity index (χ0) is 35.3. The minimum Gasteiger partial charge on any atom is -0.354 e. The molecule has 1 aliphatic rings. The van der Waals surface area contributed by atoms with Gasteiger partial charge >= 0.3 is 0 Å². The van der Waals surface area contributed by atoms with Crippen LogP contribution in [0.1, 0.15) is 45.0 Å². The molecule has 0 amide bonds. The third kappa shape index (κ3) is 6.11. The first-order valence-corrected chi connectivity index (χ1v) is 18.6. The summed E-state index contributed by atoms with van der Waals surface area (Å²) in [7, 11) is 0. The molecule has 0 spiro atoms. The second-order valence-electron chi connectivity index (χ2n) is 12.8. The van der Waals surface area contributed by atoms with Crippen molar-refractivity contribution in [3.8, 4) is 0 Å². The lowest BCUT2D eigenvalue weighted by Gasteiger charge is -2.10. The molecule has 52 heavy (non-hydrogen) atoms. The molecular weight excluding hydrogens is 713 g/mol. The molecule has 252 valence electrons. The SMILES string of the molecule is Sc1cccc(C2=c3ccc([nH]3)=C(c3cccc(S)c3)c3ccc([nH]3)C(c3cccc(S)c3)=c3ccc([nH]3)=C(c3cccc(S)c3)c3ccc2[nH]3)c1. The van der Waals surface area contributed by atoms with Crippen LogP contribution in [0.5, 0.6) is 0 Å². The molecule has 8 heteroatoms. The first kappa shape index (κ1) is 32.8. The highest BCUT2D eigenvalue weighted by Gasteiger charge is 2.18. The largest absolute Gasteiger partial charge is 0.354 e. The molecule has 0 saturated carbocycles. The van der Waals surface area contributed by atoms with E-state index in [1.807, 2.05) is 48.5 Å². The molecule has 0 atom stereocenters. The number of benzene rings is 4. The van der Waals surface area contributed by atoms with Crippen LogP contribution in [0.2, 0.25) is 0 Å². The van der Waals surface area contributed by atoms with E-state index in [1.165, 1.54) is 0 Å². The van der Waals surface area contributed by atoms with E-state index in [0.29, 0.717) is 0 Å². The molecule has 4 nitrogen and oxygen atoms in total. The summed E-state index contributed by atoms with van der Waals surface area (Å²) in [6.45, 7) is 0. The van der Waals surface area contributed by atoms with Crippen LogP contribution in [-0.2, 0) is 0 Å². The fraction of sp³-hybridized carbons (Fsp3) is 0. The molecule has 4 aromatic carbocycles. The molecule has 5 heterocycles. The third-order valence-electron chi connectivity index (χ3n) is 9.44. The van der Waals surface area contributed by atoms with E-state index in [1.54, 1.807) is 0 Å². The van der Waals surface area contributed by atoms with Gasteiger partial charge in [0.1, 0.15) is 0 Å². The number of rotatable bonds is 4. The summed E-state index contributed by atoms with van der Waals surface area (Å²) in [5, 5.41) is 3.89. The predicted molar refractivity (Wildman–Crippen MR) is 223 cm³/mol. The first-order valence-electron chi connectivity index (χ1n) is 16.8. The Hall–Kier alpha value is -5.12. The van der Waals surface area contributed by atoms with E-state index in [-0.39, 0.29) is 0 Å². The fourth-order valence-electron chi connectivity index (χ4n) is 7.22. The first-order chi connectivity index (χ1) is 25.4. The Morgan fingerprint density at radius 2 is 0.519 bits per heavy atom. The van der Waals surface area contributed by atoms with Crippen molar-refractivity contribution in [3.05, 3.63) is 212 Å². The summed E-state index contributed by atoms with van der Waals surface area (Å²) in [6.07, 6.45) is 0. The standard InChI is InChI=1S/C44H32N4S4/c49-29-9-1-5-25(21-29)41-33-13-15-35(45-33)42(26-6-2-10-30(50)22-26)37-17-19-39(47-37)44(28-8-4-12-32(52)24-28)40-20-18-38(48-40)43(36-16-14-34(41)46-36)27-7-3-11-31(51)23-27/h1-24,45-52H. The Balaban J connectivity index is 1.45. The van der Waals surface area contributed by atoms with Crippen LogP contribution in [0, 0.1) is 0 Å². The number of nitrogens with one attached hydrogen (secondary N) is 4. The van der Waals surface area contributed by atoms with Crippen LogP contribution < -0.4 is 21.4 Å². The molecule has 8 bridgehead atoms. The highest BCUT2D eigenvalue weighted by Crippen LogP contribution is 2.29. The lowest BCUT2D eigenvalue weighted by Crippen LogP contribution is -2.19. The van der Waals surface area contributed by atoms with E-state index in [0.717, 1.165) is 108 Å². The van der Waals surface area contributed by atoms with E-state index < -0.39 is 0 Å². The molecule has 0 unspecified atom stereocenters. The number of aromatic amines is 4. The third-order valence-corrected chi connectivity index (χ3v) is 10.6. The number of fused-ring (bicyclic) bond motifs is 8. The minimum atomic E-state index is 0.889. The van der Waals surface area contributed by atoms with Crippen molar-refractivity contribution in [2.24, 2.45) is 0 Å². The lowest BCUT2D eigenvalue weighted by atomic mass is 10.0. The van der Waals surface area contributed by atoms with Crippen molar-refractivity contribution in [3.63, 3.8) is 0 Å². The monoisotopic (exact) mass is 744 g/mol. The Labute approximate surface area is 322 Å². The summed E-state index contributed by atoms with van der Waals surface area (Å²) in [5.74, 6) is 0. The van der Waals surface area contributed by atoms with Crippen LogP contribution in [0.3, 0.4) is 0 Å². The van der Waals surface area contributed by atoms with Crippen molar-refractivity contribution in [1.29, 1.82) is 0 Å². The predicted octanol–water partition coefficient (Wildman–Crippen LogP) is 7.46. The number of hydrogen-bond acceptors (Lipinski definition) is 4. The van der Waals surface area contributed by atoms with Crippen LogP contribution in [-0.4, -0.2) is 19.9 Å². The van der Waals surface area contributed by atoms with Crippen molar-refractivity contribution in [1.82, 2.24) is 19.9 Å². The van der Waals surface area contributed by atoms with Crippen LogP contribution in [0.15, 0.2) is 165 Å². The van der Waals surface area contributed by atoms with Gasteiger partial charge in [-0.3, -0.25) is 0 Å². The smallest absolute Gasteiger partial charge is 0.0485 e. The van der Waals surface area contributed by atoms with Gasteiger partial charge in [-0.05, 0) is 119 Å². The van der Waals surface area contributed by atoms with E-state index in [4.69, 9.17) is 50.5 Å². The number of hydrogen-bond donors (Lipinski definition) is 8. The van der Waals surface area contributed by atoms with Gasteiger partial charge in [-0.25, -0.2) is 0 Å². The van der Waals surface area contributed by atoms with Crippen molar-refractivity contribution in [2.75, 3.05) is 0 Å². The van der Waals surface area contributed by atoms with Crippen molar-refractivity contribution < 1.29 is 0 Å². The van der Waals surface area contributed by atoms with E-state index in [2.05, 4.69) is 117 Å². The van der Waals surface area contributed by atoms with Gasteiger partial charge in [0.25, 0.3) is 0 Å². The van der Waals surface area contributed by atoms with Crippen molar-refractivity contribution in [2.45, 2.75) is 19.6 Å². The van der Waals surface area contributed by atoms with Crippen LogP contribution in [0.25, 0.3) is 22.3 Å². The molecule has 4 N–H and O–H groups in total. The maximum atomic E-state index is 4.73. The highest BCUT2D eigenvalue weighted by atomic mass is 32.1. The van der Waals surface area contributed by atoms with Gasteiger partial charge in [0.2, 0.25) is 0 Å². The molecule has 1 aliphatic heterocycles. The number of aromatic nitrogens is 4. The topological polar surface area (TPSA) is 63.2 Å². The maximum absolute atomic E-state index is 4.73. The van der Waals surface area contributed by atoms with Gasteiger partial charge in [-0.1, -0.05) is 48.5 Å². The summed E-state index contributed by atoms with van der Waals surface area (Å²) in [6, 6.07) is 50.4. The Bertz CT molecular complexity index is 2530. The maximum Gasteiger partial charge on any atom is 0.0485 e. The van der Waals surface area contributed by atoms with Gasteiger partial charge in [-0.2, -0.15) is 0 Å². The summed E-state index contributed by atoms with van der Waals surface area (Å²) in [5.41, 5.74) is 12.2. The van der Waals surface area contributed by atoms with Gasteiger partial charge in [0.15, 0.2) is 0 Å². The van der Waals surface area contributed by atoms with Gasteiger partial charge in [0, 0.05) is 86.0 Å². The van der Waals surface area contributed by atoms with Gasteiger partial charge < -0.3 is 19.9 Å². The van der Waals surface area contributed by atoms with Gasteiger partial charge in [-0.15, -0.1) is 50.5 Å². The summed E-state index contributed by atoms with van der Waals surface area (Å²) < 4.78 is 0. The number of thiol groups is 4. The molecule has 0 radical (unpaired) electrons. The summed E-state index contributed by atoms with van der Waals surface area (Å²) >= 11 is 18.9. The molecule has 9 rings (SSSR count). The normalized spacial score (nSPS) is 12.8. The van der Waals surface area contributed by atoms with E-state index >= 15 is 0 Å². The zero-order valence-corrected chi connectivity index (χ0v) is 31.2. The average molecular weight is 745 g/mol.